The number of hydrogen-bond donors (Lipinski definition) is 0. The Morgan fingerprint density at radius 1 is 1.00 bits per heavy atom. The number of hydrazone groups is 1. The molecule has 0 aliphatic carbocycles. The molecule has 1 amide bonds. The molecule has 1 aliphatic heterocycles. The van der Waals surface area contributed by atoms with Crippen LogP contribution in [0.3, 0.4) is 0 Å². The molecular weight excluding hydrogens is 341 g/mol. The third-order valence-corrected chi connectivity index (χ3v) is 3.58. The molecule has 2 aromatic carbocycles. The molecule has 0 aromatic heterocycles. The highest BCUT2D eigenvalue weighted by molar-refractivity contribution is 6.34. The summed E-state index contributed by atoms with van der Waals surface area (Å²) in [6.07, 6.45) is -3.58. The van der Waals surface area contributed by atoms with E-state index in [2.05, 4.69) is 5.10 Å². The number of rotatable bonds is 2. The fourth-order valence-corrected chi connectivity index (χ4v) is 2.35. The Balaban J connectivity index is 2.06. The third kappa shape index (κ3) is 3.19. The van der Waals surface area contributed by atoms with Gasteiger partial charge in [0.05, 0.1) is 11.3 Å². The van der Waals surface area contributed by atoms with Gasteiger partial charge in [-0.1, -0.05) is 41.9 Å². The van der Waals surface area contributed by atoms with Crippen LogP contribution in [0, 0.1) is 0 Å². The lowest BCUT2D eigenvalue weighted by atomic mass is 10.1. The molecule has 0 unspecified atom stereocenters. The van der Waals surface area contributed by atoms with Crippen LogP contribution in [-0.2, 0) is 4.79 Å². The summed E-state index contributed by atoms with van der Waals surface area (Å²) < 4.78 is 39.8. The van der Waals surface area contributed by atoms with Crippen LogP contribution in [0.4, 0.5) is 18.9 Å². The Bertz CT molecular complexity index is 827. The van der Waals surface area contributed by atoms with Crippen molar-refractivity contribution in [2.24, 2.45) is 5.10 Å². The van der Waals surface area contributed by atoms with Crippen LogP contribution >= 0.6 is 11.6 Å². The highest BCUT2D eigenvalue weighted by Crippen LogP contribution is 2.32. The summed E-state index contributed by atoms with van der Waals surface area (Å²) in [5, 5.41) is 4.69. The zero-order chi connectivity index (χ0) is 17.3. The molecule has 0 saturated heterocycles. The lowest BCUT2D eigenvalue weighted by Gasteiger charge is -2.10. The average Bonchev–Trinajstić information content (AvgIpc) is 2.88. The van der Waals surface area contributed by atoms with E-state index in [-0.39, 0.29) is 5.69 Å². The number of hydrogen-bond acceptors (Lipinski definition) is 2. The smallest absolute Gasteiger partial charge is 0.267 e. The third-order valence-electron chi connectivity index (χ3n) is 3.33. The van der Waals surface area contributed by atoms with Gasteiger partial charge in [-0.15, -0.1) is 0 Å². The van der Waals surface area contributed by atoms with Crippen LogP contribution in [0.1, 0.15) is 5.56 Å². The van der Waals surface area contributed by atoms with Crippen molar-refractivity contribution < 1.29 is 18.0 Å². The molecule has 1 heterocycles. The fourth-order valence-electron chi connectivity index (χ4n) is 2.22. The predicted octanol–water partition coefficient (Wildman–Crippen LogP) is 4.69. The first-order valence-corrected chi connectivity index (χ1v) is 7.27. The van der Waals surface area contributed by atoms with Crippen molar-refractivity contribution in [3.8, 4) is 0 Å². The summed E-state index contributed by atoms with van der Waals surface area (Å²) in [7, 11) is 0. The minimum absolute atomic E-state index is 0.267. The first-order valence-electron chi connectivity index (χ1n) is 6.89. The topological polar surface area (TPSA) is 32.7 Å². The summed E-state index contributed by atoms with van der Waals surface area (Å²) in [6.45, 7) is 0. The molecule has 24 heavy (non-hydrogen) atoms. The molecule has 122 valence electrons. The van der Waals surface area contributed by atoms with Gasteiger partial charge >= 0.3 is 6.18 Å². The second-order valence-corrected chi connectivity index (χ2v) is 5.44. The molecule has 0 N–H and O–H groups in total. The first kappa shape index (κ1) is 16.3. The van der Waals surface area contributed by atoms with E-state index in [0.717, 1.165) is 11.1 Å². The quantitative estimate of drug-likeness (QED) is 0.723. The number of anilines is 1. The maximum absolute atomic E-state index is 13.3. The molecule has 0 saturated carbocycles. The lowest BCUT2D eigenvalue weighted by molar-refractivity contribution is -0.114. The van der Waals surface area contributed by atoms with E-state index >= 15 is 0 Å². The zero-order valence-electron chi connectivity index (χ0n) is 12.1. The van der Waals surface area contributed by atoms with E-state index < -0.39 is 23.4 Å². The zero-order valence-corrected chi connectivity index (χ0v) is 12.8. The van der Waals surface area contributed by atoms with Gasteiger partial charge in [0.25, 0.3) is 5.91 Å². The van der Waals surface area contributed by atoms with E-state index in [1.165, 1.54) is 36.4 Å². The maximum Gasteiger partial charge on any atom is 0.435 e. The number of benzene rings is 2. The van der Waals surface area contributed by atoms with Gasteiger partial charge in [-0.25, -0.2) is 0 Å². The van der Waals surface area contributed by atoms with Gasteiger partial charge in [-0.2, -0.15) is 23.3 Å². The number of carbonyl (C=O) groups excluding carboxylic acids is 1. The van der Waals surface area contributed by atoms with Crippen LogP contribution in [0.5, 0.6) is 0 Å². The van der Waals surface area contributed by atoms with Gasteiger partial charge < -0.3 is 0 Å². The van der Waals surface area contributed by atoms with Crippen LogP contribution in [0.2, 0.25) is 5.02 Å². The minimum atomic E-state index is -4.74. The molecular formula is C17H10ClF3N2O. The standard InChI is InChI=1S/C17H10ClF3N2O/c18-12-8-6-11(7-9-12)10-14-15(17(19,20)21)22-23(16(14)24)13-4-2-1-3-5-13/h1-10H/b14-10-. The van der Waals surface area contributed by atoms with E-state index in [1.807, 2.05) is 0 Å². The van der Waals surface area contributed by atoms with Crippen molar-refractivity contribution in [1.82, 2.24) is 0 Å². The molecule has 0 radical (unpaired) electrons. The van der Waals surface area contributed by atoms with Crippen molar-refractivity contribution in [3.63, 3.8) is 0 Å². The highest BCUT2D eigenvalue weighted by Gasteiger charge is 2.46. The number of nitrogens with zero attached hydrogens (tertiary/aromatic N) is 2. The molecule has 3 nitrogen and oxygen atoms in total. The van der Waals surface area contributed by atoms with Gasteiger partial charge in [0, 0.05) is 5.02 Å². The van der Waals surface area contributed by atoms with Crippen LogP contribution in [-0.4, -0.2) is 17.8 Å². The number of amides is 1. The molecule has 0 bridgehead atoms. The van der Waals surface area contributed by atoms with Gasteiger partial charge in [0.1, 0.15) is 0 Å². The first-order chi connectivity index (χ1) is 11.4. The molecule has 3 rings (SSSR count). The van der Waals surface area contributed by atoms with Crippen molar-refractivity contribution >= 4 is 35.0 Å². The SMILES string of the molecule is O=C1/C(=C\c2ccc(Cl)cc2)C(C(F)(F)F)=NN1c1ccccc1. The van der Waals surface area contributed by atoms with Gasteiger partial charge in [0.15, 0.2) is 5.71 Å². The second-order valence-electron chi connectivity index (χ2n) is 5.01. The monoisotopic (exact) mass is 350 g/mol. The van der Waals surface area contributed by atoms with Gasteiger partial charge in [-0.3, -0.25) is 4.79 Å². The normalized spacial score (nSPS) is 16.7. The lowest BCUT2D eigenvalue weighted by Crippen LogP contribution is -2.25. The van der Waals surface area contributed by atoms with E-state index in [4.69, 9.17) is 11.6 Å². The number of carbonyl (C=O) groups is 1. The average molecular weight is 351 g/mol. The molecule has 7 heteroatoms. The largest absolute Gasteiger partial charge is 0.435 e. The summed E-state index contributed by atoms with van der Waals surface area (Å²) >= 11 is 5.76. The van der Waals surface area contributed by atoms with E-state index in [1.54, 1.807) is 18.2 Å². The van der Waals surface area contributed by atoms with Gasteiger partial charge in [0.2, 0.25) is 0 Å². The maximum atomic E-state index is 13.3. The Morgan fingerprint density at radius 3 is 2.21 bits per heavy atom. The summed E-state index contributed by atoms with van der Waals surface area (Å²) in [4.78, 5) is 12.5. The predicted molar refractivity (Wildman–Crippen MR) is 86.8 cm³/mol. The Kier molecular flexibility index (Phi) is 4.15. The van der Waals surface area contributed by atoms with Crippen molar-refractivity contribution in [1.29, 1.82) is 0 Å². The minimum Gasteiger partial charge on any atom is -0.267 e. The highest BCUT2D eigenvalue weighted by atomic mass is 35.5. The number of alkyl halides is 3. The Hall–Kier alpha value is -2.60. The molecule has 0 atom stereocenters. The van der Waals surface area contributed by atoms with E-state index in [9.17, 15) is 18.0 Å². The van der Waals surface area contributed by atoms with Crippen LogP contribution in [0.15, 0.2) is 65.3 Å². The fraction of sp³-hybridized carbons (Fsp3) is 0.0588. The molecule has 0 fully saturated rings. The number of para-hydroxylation sites is 1. The Labute approximate surface area is 140 Å². The van der Waals surface area contributed by atoms with Crippen molar-refractivity contribution in [3.05, 3.63) is 70.8 Å². The summed E-state index contributed by atoms with van der Waals surface area (Å²) in [5.41, 5.74) is -1.03. The van der Waals surface area contributed by atoms with Crippen molar-refractivity contribution in [2.75, 3.05) is 5.01 Å². The summed E-state index contributed by atoms with van der Waals surface area (Å²) in [5.74, 6) is -0.830. The second kappa shape index (κ2) is 6.13. The molecule has 2 aromatic rings. The molecule has 1 aliphatic rings. The molecule has 0 spiro atoms. The Morgan fingerprint density at radius 2 is 1.62 bits per heavy atom. The summed E-state index contributed by atoms with van der Waals surface area (Å²) in [6, 6.07) is 14.1. The van der Waals surface area contributed by atoms with Crippen molar-refractivity contribution in [2.45, 2.75) is 6.18 Å². The van der Waals surface area contributed by atoms with Gasteiger partial charge in [-0.05, 0) is 35.9 Å². The van der Waals surface area contributed by atoms with Crippen LogP contribution in [0.25, 0.3) is 6.08 Å². The van der Waals surface area contributed by atoms with Crippen LogP contribution < -0.4 is 5.01 Å². The number of halogens is 4. The van der Waals surface area contributed by atoms with E-state index in [0.29, 0.717) is 10.6 Å².